The summed E-state index contributed by atoms with van der Waals surface area (Å²) in [7, 11) is -2.78. The third-order valence-electron chi connectivity index (χ3n) is 5.03. The fourth-order valence-electron chi connectivity index (χ4n) is 3.42. The normalized spacial score (nSPS) is 18.6. The van der Waals surface area contributed by atoms with Gasteiger partial charge in [0.1, 0.15) is 6.10 Å². The molecule has 27 heavy (non-hydrogen) atoms. The molecule has 1 aliphatic rings. The third-order valence-corrected chi connectivity index (χ3v) is 8.08. The first-order chi connectivity index (χ1) is 13.1. The van der Waals surface area contributed by atoms with Crippen molar-refractivity contribution in [2.24, 2.45) is 0 Å². The zero-order chi connectivity index (χ0) is 20.0. The van der Waals surface area contributed by atoms with Gasteiger partial charge in [-0.3, -0.25) is 0 Å². The van der Waals surface area contributed by atoms with Gasteiger partial charge in [0.2, 0.25) is 0 Å². The fourth-order valence-corrected chi connectivity index (χ4v) is 6.30. The first kappa shape index (κ1) is 25.1. The predicted molar refractivity (Wildman–Crippen MR) is 112 cm³/mol. The van der Waals surface area contributed by atoms with E-state index in [0.717, 1.165) is 77.0 Å². The Bertz CT molecular complexity index is 350. The van der Waals surface area contributed by atoms with Crippen LogP contribution in [0.5, 0.6) is 0 Å². The molecule has 1 rings (SSSR count). The molecule has 0 N–H and O–H groups in total. The van der Waals surface area contributed by atoms with Gasteiger partial charge in [-0.25, -0.2) is 0 Å². The van der Waals surface area contributed by atoms with Gasteiger partial charge in [0.15, 0.2) is 5.79 Å². The monoisotopic (exact) mass is 404 g/mol. The van der Waals surface area contributed by atoms with Crippen LogP contribution >= 0.6 is 0 Å². The van der Waals surface area contributed by atoms with E-state index in [9.17, 15) is 0 Å². The number of hydrogen-bond acceptors (Lipinski definition) is 5. The Kier molecular flexibility index (Phi) is 13.1. The summed E-state index contributed by atoms with van der Waals surface area (Å²) in [6.45, 7) is 13.7. The summed E-state index contributed by atoms with van der Waals surface area (Å²) in [6, 6.07) is 0.848. The van der Waals surface area contributed by atoms with Crippen molar-refractivity contribution in [2.45, 2.75) is 110 Å². The van der Waals surface area contributed by atoms with Crippen molar-refractivity contribution < 1.29 is 22.8 Å². The third kappa shape index (κ3) is 8.11. The Hall–Kier alpha value is 0.0169. The highest BCUT2D eigenvalue weighted by Crippen LogP contribution is 2.35. The van der Waals surface area contributed by atoms with Crippen LogP contribution in [-0.4, -0.2) is 47.1 Å². The zero-order valence-electron chi connectivity index (χ0n) is 18.5. The number of unbranched alkanes of at least 4 members (excludes halogenated alkanes) is 2. The van der Waals surface area contributed by atoms with E-state index in [1.807, 2.05) is 0 Å². The minimum Gasteiger partial charge on any atom is -0.373 e. The Morgan fingerprint density at radius 3 is 1.89 bits per heavy atom. The number of rotatable bonds is 16. The fraction of sp³-hybridized carbons (Fsp3) is 1.00. The molecule has 5 nitrogen and oxygen atoms in total. The minimum atomic E-state index is -2.78. The van der Waals surface area contributed by atoms with Crippen molar-refractivity contribution in [1.29, 1.82) is 0 Å². The molecule has 1 unspecified atom stereocenters. The number of ether oxygens (including phenoxy) is 2. The molecule has 0 aromatic rings. The van der Waals surface area contributed by atoms with Crippen molar-refractivity contribution >= 4 is 8.80 Å². The van der Waals surface area contributed by atoms with Gasteiger partial charge in [-0.15, -0.1) is 0 Å². The van der Waals surface area contributed by atoms with Crippen molar-refractivity contribution in [1.82, 2.24) is 0 Å². The molecular weight excluding hydrogens is 360 g/mol. The molecule has 0 spiro atoms. The first-order valence-electron chi connectivity index (χ1n) is 11.4. The molecule has 1 atom stereocenters. The van der Waals surface area contributed by atoms with Crippen molar-refractivity contribution in [3.63, 3.8) is 0 Å². The van der Waals surface area contributed by atoms with Crippen molar-refractivity contribution in [3.8, 4) is 0 Å². The average Bonchev–Trinajstić information content (AvgIpc) is 2.69. The predicted octanol–water partition coefficient (Wildman–Crippen LogP) is 5.70. The molecule has 0 radical (unpaired) electrons. The Morgan fingerprint density at radius 2 is 1.44 bits per heavy atom. The van der Waals surface area contributed by atoms with E-state index in [2.05, 4.69) is 34.6 Å². The van der Waals surface area contributed by atoms with Gasteiger partial charge in [-0.2, -0.15) is 0 Å². The van der Waals surface area contributed by atoms with Crippen LogP contribution in [0.15, 0.2) is 0 Å². The lowest BCUT2D eigenvalue weighted by molar-refractivity contribution is -0.310. The lowest BCUT2D eigenvalue weighted by Crippen LogP contribution is -2.58. The molecule has 1 aliphatic heterocycles. The summed E-state index contributed by atoms with van der Waals surface area (Å²) >= 11 is 0. The Morgan fingerprint density at radius 1 is 0.852 bits per heavy atom. The molecule has 0 aromatic carbocycles. The lowest BCUT2D eigenvalue weighted by Gasteiger charge is -2.45. The summed E-state index contributed by atoms with van der Waals surface area (Å²) in [6.07, 6.45) is 8.74. The quantitative estimate of drug-likeness (QED) is 0.244. The SMILES string of the molecule is CCCCO[Si](CCC)(OCCCC)OC(CCC)C1(CC)OCCCO1. The summed E-state index contributed by atoms with van der Waals surface area (Å²) in [5.74, 6) is -0.664. The average molecular weight is 405 g/mol. The van der Waals surface area contributed by atoms with Crippen LogP contribution in [0.1, 0.15) is 92.4 Å². The topological polar surface area (TPSA) is 46.2 Å². The number of hydrogen-bond donors (Lipinski definition) is 0. The second-order valence-electron chi connectivity index (χ2n) is 7.45. The first-order valence-corrected chi connectivity index (χ1v) is 13.3. The van der Waals surface area contributed by atoms with Gasteiger partial charge in [-0.1, -0.05) is 60.3 Å². The molecular formula is C21H44O5Si. The van der Waals surface area contributed by atoms with Gasteiger partial charge in [-0.05, 0) is 25.7 Å². The van der Waals surface area contributed by atoms with E-state index in [0.29, 0.717) is 13.2 Å². The van der Waals surface area contributed by atoms with Gasteiger partial charge in [0.25, 0.3) is 0 Å². The maximum Gasteiger partial charge on any atom is 0.501 e. The second-order valence-corrected chi connectivity index (χ2v) is 10.1. The van der Waals surface area contributed by atoms with Crippen LogP contribution in [0.3, 0.4) is 0 Å². The Balaban J connectivity index is 3.02. The maximum atomic E-state index is 6.79. The lowest BCUT2D eigenvalue weighted by atomic mass is 10.0. The van der Waals surface area contributed by atoms with Gasteiger partial charge >= 0.3 is 8.80 Å². The molecule has 0 bridgehead atoms. The van der Waals surface area contributed by atoms with E-state index < -0.39 is 14.6 Å². The van der Waals surface area contributed by atoms with E-state index in [-0.39, 0.29) is 6.10 Å². The summed E-state index contributed by atoms with van der Waals surface area (Å²) in [4.78, 5) is 0. The maximum absolute atomic E-state index is 6.79. The van der Waals surface area contributed by atoms with E-state index in [1.54, 1.807) is 0 Å². The molecule has 0 amide bonds. The van der Waals surface area contributed by atoms with Crippen LogP contribution in [0.2, 0.25) is 6.04 Å². The molecule has 1 heterocycles. The summed E-state index contributed by atoms with van der Waals surface area (Å²) in [5, 5.41) is 0. The van der Waals surface area contributed by atoms with Crippen molar-refractivity contribution in [3.05, 3.63) is 0 Å². The van der Waals surface area contributed by atoms with E-state index in [4.69, 9.17) is 22.8 Å². The molecule has 0 aliphatic carbocycles. The van der Waals surface area contributed by atoms with Gasteiger partial charge in [0.05, 0.1) is 13.2 Å². The highest BCUT2D eigenvalue weighted by molar-refractivity contribution is 6.60. The van der Waals surface area contributed by atoms with Crippen LogP contribution in [0.25, 0.3) is 0 Å². The van der Waals surface area contributed by atoms with E-state index in [1.165, 1.54) is 0 Å². The van der Waals surface area contributed by atoms with Crippen LogP contribution in [-0.2, 0) is 22.8 Å². The smallest absolute Gasteiger partial charge is 0.373 e. The minimum absolute atomic E-state index is 0.144. The molecule has 0 aromatic heterocycles. The molecule has 0 saturated carbocycles. The van der Waals surface area contributed by atoms with E-state index >= 15 is 0 Å². The van der Waals surface area contributed by atoms with Crippen LogP contribution in [0, 0.1) is 0 Å². The molecule has 162 valence electrons. The molecule has 1 fully saturated rings. The van der Waals surface area contributed by atoms with Crippen LogP contribution in [0.4, 0.5) is 0 Å². The standard InChI is InChI=1S/C21H44O5Si/c1-6-11-17-24-27(19-9-4,25-18-12-7-2)26-20(14-8-3)21(10-5)22-15-13-16-23-21/h20H,6-19H2,1-5H3. The zero-order valence-corrected chi connectivity index (χ0v) is 19.5. The van der Waals surface area contributed by atoms with Gasteiger partial charge < -0.3 is 22.8 Å². The Labute approximate surface area is 168 Å². The highest BCUT2D eigenvalue weighted by Gasteiger charge is 2.50. The highest BCUT2D eigenvalue weighted by atomic mass is 28.4. The van der Waals surface area contributed by atoms with Crippen molar-refractivity contribution in [2.75, 3.05) is 26.4 Å². The van der Waals surface area contributed by atoms with Gasteiger partial charge in [0, 0.05) is 25.7 Å². The second kappa shape index (κ2) is 14.1. The summed E-state index contributed by atoms with van der Waals surface area (Å²) < 4.78 is 31.9. The molecule has 1 saturated heterocycles. The summed E-state index contributed by atoms with van der Waals surface area (Å²) in [5.41, 5.74) is 0. The molecule has 6 heteroatoms. The largest absolute Gasteiger partial charge is 0.501 e. The van der Waals surface area contributed by atoms with Crippen LogP contribution < -0.4 is 0 Å².